The van der Waals surface area contributed by atoms with Crippen LogP contribution in [0.4, 0.5) is 11.6 Å². The summed E-state index contributed by atoms with van der Waals surface area (Å²) in [6, 6.07) is 10.6. The Labute approximate surface area is 304 Å². The predicted octanol–water partition coefficient (Wildman–Crippen LogP) is 3.18. The van der Waals surface area contributed by atoms with Gasteiger partial charge in [-0.2, -0.15) is 10.2 Å². The van der Waals surface area contributed by atoms with Gasteiger partial charge >= 0.3 is 0 Å². The number of aromatic amines is 1. The first-order valence-corrected chi connectivity index (χ1v) is 16.6. The first-order chi connectivity index (χ1) is 25.9. The van der Waals surface area contributed by atoms with Crippen molar-refractivity contribution in [1.29, 1.82) is 0 Å². The van der Waals surface area contributed by atoms with E-state index in [1.165, 1.54) is 12.7 Å². The number of carbonyl (C=O) groups excluding carboxylic acids is 1. The average molecular weight is 714 g/mol. The number of nitrogens with zero attached hydrogens (tertiary/aromatic N) is 8. The highest BCUT2D eigenvalue weighted by Gasteiger charge is 2.30. The molecule has 1 aliphatic rings. The zero-order valence-electron chi connectivity index (χ0n) is 29.4. The summed E-state index contributed by atoms with van der Waals surface area (Å²) >= 11 is 0. The van der Waals surface area contributed by atoms with Crippen LogP contribution in [-0.2, 0) is 4.79 Å². The Morgan fingerprint density at radius 2 is 1.45 bits per heavy atom. The number of fused-ring (bicyclic) bond motifs is 2. The zero-order chi connectivity index (χ0) is 36.9. The summed E-state index contributed by atoms with van der Waals surface area (Å²) in [6.45, 7) is 1.35. The van der Waals surface area contributed by atoms with Gasteiger partial charge in [-0.15, -0.1) is 0 Å². The van der Waals surface area contributed by atoms with E-state index in [1.54, 1.807) is 69.5 Å². The maximum Gasteiger partial charge on any atom is 0.224 e. The third-order valence-electron chi connectivity index (χ3n) is 8.72. The Hall–Kier alpha value is -7.07. The number of likely N-dealkylation sites (tertiary alicyclic amines) is 1. The van der Waals surface area contributed by atoms with Crippen molar-refractivity contribution in [1.82, 2.24) is 44.8 Å². The fraction of sp³-hybridized carbons (Fsp3) is 0.270. The molecule has 16 nitrogen and oxygen atoms in total. The van der Waals surface area contributed by atoms with Gasteiger partial charge in [0.05, 0.1) is 45.3 Å². The summed E-state index contributed by atoms with van der Waals surface area (Å²) in [6.07, 6.45) is 3.75. The summed E-state index contributed by atoms with van der Waals surface area (Å²) in [4.78, 5) is 32.6. The molecule has 0 bridgehead atoms. The molecular weight excluding hydrogens is 678 g/mol. The van der Waals surface area contributed by atoms with Crippen molar-refractivity contribution in [3.63, 3.8) is 0 Å². The first kappa shape index (κ1) is 34.4. The highest BCUT2D eigenvalue weighted by atomic mass is 16.5. The number of nitrogens with one attached hydrogen (secondary N) is 2. The van der Waals surface area contributed by atoms with Crippen molar-refractivity contribution >= 4 is 39.6 Å². The van der Waals surface area contributed by atoms with Gasteiger partial charge in [0.1, 0.15) is 58.7 Å². The van der Waals surface area contributed by atoms with Gasteiger partial charge in [0, 0.05) is 49.3 Å². The smallest absolute Gasteiger partial charge is 0.224 e. The molecule has 0 radical (unpaired) electrons. The molecule has 53 heavy (non-hydrogen) atoms. The highest BCUT2D eigenvalue weighted by Crippen LogP contribution is 2.30. The summed E-state index contributed by atoms with van der Waals surface area (Å²) in [7, 11) is 6.33. The van der Waals surface area contributed by atoms with Crippen LogP contribution in [0.2, 0.25) is 0 Å². The Balaban J connectivity index is 1.04. The number of carbonyl (C=O) groups is 1. The lowest BCUT2D eigenvalue weighted by atomic mass is 10.2. The summed E-state index contributed by atoms with van der Waals surface area (Å²) in [5.41, 5.74) is 9.64. The van der Waals surface area contributed by atoms with E-state index in [0.29, 0.717) is 99.5 Å². The van der Waals surface area contributed by atoms with Gasteiger partial charge in [-0.25, -0.2) is 24.6 Å². The number of rotatable bonds is 9. The molecule has 16 heteroatoms. The van der Waals surface area contributed by atoms with Crippen LogP contribution in [0.25, 0.3) is 22.1 Å². The number of hydrogen-bond donors (Lipinski definition) is 3. The molecule has 5 heterocycles. The molecule has 1 fully saturated rings. The summed E-state index contributed by atoms with van der Waals surface area (Å²) < 4.78 is 23.3. The molecule has 1 atom stereocenters. The van der Waals surface area contributed by atoms with Crippen LogP contribution in [0.15, 0.2) is 49.1 Å². The number of benzene rings is 2. The molecule has 1 amide bonds. The maximum atomic E-state index is 13.4. The van der Waals surface area contributed by atoms with Crippen LogP contribution in [-0.4, -0.2) is 98.8 Å². The molecule has 0 unspecified atom stereocenters. The predicted molar refractivity (Wildman–Crippen MR) is 196 cm³/mol. The number of hydrogen-bond acceptors (Lipinski definition) is 13. The number of nitrogen functional groups attached to an aromatic ring is 1. The van der Waals surface area contributed by atoms with E-state index in [0.717, 1.165) is 0 Å². The van der Waals surface area contributed by atoms with Crippen LogP contribution in [0.3, 0.4) is 0 Å². The van der Waals surface area contributed by atoms with E-state index in [9.17, 15) is 4.79 Å². The number of amides is 1. The van der Waals surface area contributed by atoms with Crippen molar-refractivity contribution in [2.75, 3.05) is 59.1 Å². The molecule has 2 aromatic carbocycles. The second-order valence-corrected chi connectivity index (χ2v) is 11.9. The van der Waals surface area contributed by atoms with Crippen molar-refractivity contribution in [2.24, 2.45) is 0 Å². The summed E-state index contributed by atoms with van der Waals surface area (Å²) in [5.74, 6) is 15.7. The Kier molecular flexibility index (Phi) is 9.76. The molecule has 0 saturated carbocycles. The monoisotopic (exact) mass is 713 g/mol. The number of nitrogens with two attached hydrogens (primary N) is 1. The Bertz CT molecular complexity index is 2410. The lowest BCUT2D eigenvalue weighted by molar-refractivity contribution is -0.129. The Morgan fingerprint density at radius 1 is 0.830 bits per heavy atom. The zero-order valence-corrected chi connectivity index (χ0v) is 29.4. The lowest BCUT2D eigenvalue weighted by Gasteiger charge is -2.17. The second-order valence-electron chi connectivity index (χ2n) is 11.9. The fourth-order valence-corrected chi connectivity index (χ4v) is 6.06. The van der Waals surface area contributed by atoms with E-state index < -0.39 is 0 Å². The van der Waals surface area contributed by atoms with Crippen molar-refractivity contribution in [3.8, 4) is 46.7 Å². The van der Waals surface area contributed by atoms with Crippen LogP contribution in [0, 0.1) is 23.7 Å². The minimum Gasteiger partial charge on any atom is -0.497 e. The normalized spacial score (nSPS) is 13.6. The number of H-pyrrole nitrogens is 1. The Morgan fingerprint density at radius 3 is 2.09 bits per heavy atom. The number of aromatic nitrogens is 8. The standard InChI is InChI=1S/C37H35N11O5/c1-50-25-13-22(14-26(17-25)51-2)5-7-29-33-35(41-21-42-36(33)45-44-29)39-11-9-31(49)47-12-10-24(19-47)48-37-32(34(38)40-20-43-37)30(46-48)8-6-23-15-27(52-3)18-28(16-23)53-4/h13-18,20-21,24H,9-12,19H2,1-4H3,(H2,38,40,43)(H2,39,41,42,44,45)/t24-/m0/s1. The van der Waals surface area contributed by atoms with Crippen molar-refractivity contribution < 1.29 is 23.7 Å². The molecule has 1 saturated heterocycles. The van der Waals surface area contributed by atoms with E-state index in [1.807, 2.05) is 4.90 Å². The van der Waals surface area contributed by atoms with Crippen LogP contribution >= 0.6 is 0 Å². The van der Waals surface area contributed by atoms with Crippen LogP contribution < -0.4 is 30.0 Å². The molecule has 7 rings (SSSR count). The number of anilines is 2. The second kappa shape index (κ2) is 15.0. The van der Waals surface area contributed by atoms with E-state index in [4.69, 9.17) is 29.8 Å². The molecule has 268 valence electrons. The van der Waals surface area contributed by atoms with Crippen LogP contribution in [0.5, 0.6) is 23.0 Å². The van der Waals surface area contributed by atoms with E-state index in [2.05, 4.69) is 59.1 Å². The van der Waals surface area contributed by atoms with E-state index >= 15 is 0 Å². The highest BCUT2D eigenvalue weighted by molar-refractivity contribution is 5.92. The molecule has 0 aliphatic carbocycles. The number of ether oxygens (including phenoxy) is 4. The van der Waals surface area contributed by atoms with Gasteiger partial charge in [-0.3, -0.25) is 9.89 Å². The first-order valence-electron chi connectivity index (χ1n) is 16.6. The minimum atomic E-state index is -0.130. The summed E-state index contributed by atoms with van der Waals surface area (Å²) in [5, 5.41) is 16.5. The van der Waals surface area contributed by atoms with Crippen molar-refractivity contribution in [2.45, 2.75) is 18.9 Å². The maximum absolute atomic E-state index is 13.4. The molecule has 4 aromatic heterocycles. The SMILES string of the molecule is COc1cc(C#Cc2n[nH]c3ncnc(NCCC(=O)N4CC[C@H](n5nc(C#Cc6cc(OC)cc(OC)c6)c6c(N)ncnc65)C4)c23)cc(OC)c1. The molecule has 6 aromatic rings. The quantitative estimate of drug-likeness (QED) is 0.185. The van der Waals surface area contributed by atoms with E-state index in [-0.39, 0.29) is 24.2 Å². The lowest BCUT2D eigenvalue weighted by Crippen LogP contribution is -2.30. The van der Waals surface area contributed by atoms with Gasteiger partial charge in [-0.05, 0) is 42.5 Å². The van der Waals surface area contributed by atoms with Gasteiger partial charge in [0.25, 0.3) is 0 Å². The molecule has 0 spiro atoms. The molecule has 4 N–H and O–H groups in total. The topological polar surface area (TPSA) is 193 Å². The van der Waals surface area contributed by atoms with Gasteiger partial charge in [0.2, 0.25) is 5.91 Å². The van der Waals surface area contributed by atoms with Gasteiger partial charge < -0.3 is 34.9 Å². The largest absolute Gasteiger partial charge is 0.497 e. The van der Waals surface area contributed by atoms with Crippen molar-refractivity contribution in [3.05, 3.63) is 71.6 Å². The minimum absolute atomic E-state index is 0.0120. The third kappa shape index (κ3) is 7.24. The van der Waals surface area contributed by atoms with Crippen LogP contribution in [0.1, 0.15) is 41.4 Å². The van der Waals surface area contributed by atoms with Gasteiger partial charge in [-0.1, -0.05) is 11.8 Å². The molecular formula is C37H35N11O5. The fourth-order valence-electron chi connectivity index (χ4n) is 6.06. The number of methoxy groups -OCH3 is 4. The molecule has 1 aliphatic heterocycles. The van der Waals surface area contributed by atoms with Gasteiger partial charge in [0.15, 0.2) is 11.3 Å². The third-order valence-corrected chi connectivity index (χ3v) is 8.72. The average Bonchev–Trinajstić information content (AvgIpc) is 3.94.